The van der Waals surface area contributed by atoms with Crippen molar-refractivity contribution in [2.24, 2.45) is 4.99 Å². The van der Waals surface area contributed by atoms with Gasteiger partial charge in [-0.15, -0.1) is 24.0 Å². The van der Waals surface area contributed by atoms with Crippen molar-refractivity contribution < 1.29 is 9.47 Å². The molecule has 0 bridgehead atoms. The summed E-state index contributed by atoms with van der Waals surface area (Å²) in [5.41, 5.74) is 1.09. The van der Waals surface area contributed by atoms with E-state index in [1.807, 2.05) is 25.1 Å². The number of nitrogens with one attached hydrogen (secondary N) is 1. The Morgan fingerprint density at radius 2 is 1.94 bits per heavy atom. The molecule has 0 aliphatic carbocycles. The Kier molecular flexibility index (Phi) is 10.6. The molecule has 3 rings (SSSR count). The number of piperazine rings is 1. The van der Waals surface area contributed by atoms with Crippen LogP contribution < -0.4 is 19.7 Å². The smallest absolute Gasteiger partial charge is 0.205 e. The number of rotatable bonds is 8. The molecule has 1 aliphatic rings. The molecule has 1 fully saturated rings. The molecule has 2 heterocycles. The highest BCUT2D eigenvalue weighted by Crippen LogP contribution is 2.28. The van der Waals surface area contributed by atoms with E-state index < -0.39 is 0 Å². The van der Waals surface area contributed by atoms with Crippen LogP contribution in [-0.4, -0.2) is 66.7 Å². The van der Waals surface area contributed by atoms with E-state index in [-0.39, 0.29) is 24.0 Å². The maximum absolute atomic E-state index is 5.69. The van der Waals surface area contributed by atoms with Gasteiger partial charge in [0.2, 0.25) is 5.13 Å². The van der Waals surface area contributed by atoms with E-state index in [9.17, 15) is 0 Å². The van der Waals surface area contributed by atoms with Gasteiger partial charge in [0.05, 0.1) is 20.3 Å². The minimum absolute atomic E-state index is 0. The van der Waals surface area contributed by atoms with Gasteiger partial charge in [-0.05, 0) is 31.5 Å². The van der Waals surface area contributed by atoms with Crippen molar-refractivity contribution in [3.05, 3.63) is 29.6 Å². The van der Waals surface area contributed by atoms with Gasteiger partial charge in [-0.1, -0.05) is 13.0 Å². The molecular weight excluding hydrogens is 527 g/mol. The molecule has 0 atom stereocenters. The number of aromatic nitrogens is 2. The summed E-state index contributed by atoms with van der Waals surface area (Å²) in [7, 11) is 1.66. The van der Waals surface area contributed by atoms with Crippen LogP contribution in [0.15, 0.2) is 23.2 Å². The number of benzene rings is 1. The first-order valence-corrected chi connectivity index (χ1v) is 11.4. The Morgan fingerprint density at radius 1 is 1.16 bits per heavy atom. The molecule has 0 radical (unpaired) electrons. The average molecular weight is 561 g/mol. The standard InChI is InChI=1S/C21H32N6O2S.HI/c1-5-19-24-21(30-25-19)27-12-10-26(11-13-27)20(22-6-2)23-15-16-8-9-17(28-4)18(14-16)29-7-3;/h8-9,14H,5-7,10-13,15H2,1-4H3,(H,22,23);1H. The number of nitrogens with zero attached hydrogens (tertiary/aromatic N) is 5. The summed E-state index contributed by atoms with van der Waals surface area (Å²) < 4.78 is 15.5. The lowest BCUT2D eigenvalue weighted by molar-refractivity contribution is 0.310. The number of halogens is 1. The Hall–Kier alpha value is -1.82. The highest BCUT2D eigenvalue weighted by Gasteiger charge is 2.22. The Balaban J connectivity index is 0.00000341. The Bertz CT molecular complexity index is 839. The molecule has 10 heteroatoms. The Labute approximate surface area is 206 Å². The highest BCUT2D eigenvalue weighted by molar-refractivity contribution is 14.0. The van der Waals surface area contributed by atoms with Crippen molar-refractivity contribution in [3.8, 4) is 11.5 Å². The highest BCUT2D eigenvalue weighted by atomic mass is 127. The summed E-state index contributed by atoms with van der Waals surface area (Å²) >= 11 is 1.49. The van der Waals surface area contributed by atoms with E-state index in [0.29, 0.717) is 13.2 Å². The third kappa shape index (κ3) is 6.83. The largest absolute Gasteiger partial charge is 0.493 e. The minimum atomic E-state index is 0. The molecule has 172 valence electrons. The number of aryl methyl sites for hydroxylation is 1. The fraction of sp³-hybridized carbons (Fsp3) is 0.571. The summed E-state index contributed by atoms with van der Waals surface area (Å²) in [5.74, 6) is 3.38. The van der Waals surface area contributed by atoms with Gasteiger partial charge >= 0.3 is 0 Å². The number of anilines is 1. The Morgan fingerprint density at radius 3 is 2.55 bits per heavy atom. The van der Waals surface area contributed by atoms with Gasteiger partial charge in [0.1, 0.15) is 5.82 Å². The lowest BCUT2D eigenvalue weighted by Gasteiger charge is -2.36. The van der Waals surface area contributed by atoms with Crippen LogP contribution in [0.1, 0.15) is 32.2 Å². The molecule has 31 heavy (non-hydrogen) atoms. The number of ether oxygens (including phenoxy) is 2. The maximum atomic E-state index is 5.69. The van der Waals surface area contributed by atoms with E-state index in [1.165, 1.54) is 11.5 Å². The molecule has 1 saturated heterocycles. The van der Waals surface area contributed by atoms with Crippen LogP contribution in [0.4, 0.5) is 5.13 Å². The third-order valence-electron chi connectivity index (χ3n) is 4.90. The summed E-state index contributed by atoms with van der Waals surface area (Å²) in [6, 6.07) is 5.98. The monoisotopic (exact) mass is 560 g/mol. The second kappa shape index (κ2) is 12.9. The molecule has 1 aromatic heterocycles. The normalized spacial score (nSPS) is 14.3. The molecular formula is C21H33IN6O2S. The van der Waals surface area contributed by atoms with Crippen LogP contribution in [0.25, 0.3) is 0 Å². The predicted molar refractivity (Wildman–Crippen MR) is 137 cm³/mol. The van der Waals surface area contributed by atoms with E-state index in [1.54, 1.807) is 7.11 Å². The zero-order valence-corrected chi connectivity index (χ0v) is 21.9. The van der Waals surface area contributed by atoms with Gasteiger partial charge < -0.3 is 24.6 Å². The van der Waals surface area contributed by atoms with Gasteiger partial charge in [0.15, 0.2) is 17.5 Å². The maximum Gasteiger partial charge on any atom is 0.205 e. The fourth-order valence-electron chi connectivity index (χ4n) is 3.31. The third-order valence-corrected chi connectivity index (χ3v) is 5.71. The topological polar surface area (TPSA) is 75.1 Å². The van der Waals surface area contributed by atoms with Gasteiger partial charge in [-0.3, -0.25) is 0 Å². The van der Waals surface area contributed by atoms with Gasteiger partial charge in [-0.25, -0.2) is 9.98 Å². The SMILES string of the molecule is CCNC(=NCc1ccc(OC)c(OCC)c1)N1CCN(c2nc(CC)ns2)CC1.I. The second-order valence-electron chi connectivity index (χ2n) is 6.91. The predicted octanol–water partition coefficient (Wildman–Crippen LogP) is 3.41. The van der Waals surface area contributed by atoms with Crippen molar-refractivity contribution in [1.29, 1.82) is 0 Å². The van der Waals surface area contributed by atoms with Gasteiger partial charge in [0, 0.05) is 50.7 Å². The summed E-state index contributed by atoms with van der Waals surface area (Å²) in [5, 5.41) is 4.45. The molecule has 2 aromatic rings. The molecule has 0 amide bonds. The number of guanidine groups is 1. The van der Waals surface area contributed by atoms with Gasteiger partial charge in [0.25, 0.3) is 0 Å². The molecule has 1 aromatic carbocycles. The molecule has 0 unspecified atom stereocenters. The van der Waals surface area contributed by atoms with Crippen LogP contribution in [0.2, 0.25) is 0 Å². The van der Waals surface area contributed by atoms with Crippen LogP contribution in [0, 0.1) is 0 Å². The lowest BCUT2D eigenvalue weighted by Crippen LogP contribution is -2.52. The molecule has 0 saturated carbocycles. The fourth-order valence-corrected chi connectivity index (χ4v) is 4.11. The van der Waals surface area contributed by atoms with E-state index >= 15 is 0 Å². The minimum Gasteiger partial charge on any atom is -0.493 e. The van der Waals surface area contributed by atoms with Crippen molar-refractivity contribution in [2.45, 2.75) is 33.7 Å². The summed E-state index contributed by atoms with van der Waals surface area (Å²) in [6.07, 6.45) is 0.879. The van der Waals surface area contributed by atoms with Crippen molar-refractivity contribution >= 4 is 46.6 Å². The van der Waals surface area contributed by atoms with E-state index in [4.69, 9.17) is 14.5 Å². The first kappa shape index (κ1) is 25.4. The zero-order valence-electron chi connectivity index (χ0n) is 18.8. The van der Waals surface area contributed by atoms with Crippen LogP contribution in [0.3, 0.4) is 0 Å². The molecule has 0 spiro atoms. The molecule has 1 N–H and O–H groups in total. The van der Waals surface area contributed by atoms with E-state index in [0.717, 1.165) is 73.1 Å². The van der Waals surface area contributed by atoms with Gasteiger partial charge in [-0.2, -0.15) is 4.37 Å². The quantitative estimate of drug-likeness (QED) is 0.302. The summed E-state index contributed by atoms with van der Waals surface area (Å²) in [6.45, 7) is 11.8. The van der Waals surface area contributed by atoms with Crippen molar-refractivity contribution in [2.75, 3.05) is 51.3 Å². The van der Waals surface area contributed by atoms with E-state index in [2.05, 4.69) is 38.3 Å². The van der Waals surface area contributed by atoms with Crippen molar-refractivity contribution in [3.63, 3.8) is 0 Å². The number of aliphatic imine (C=N–C) groups is 1. The second-order valence-corrected chi connectivity index (χ2v) is 7.64. The summed E-state index contributed by atoms with van der Waals surface area (Å²) in [4.78, 5) is 14.1. The van der Waals surface area contributed by atoms with Crippen LogP contribution >= 0.6 is 35.5 Å². The first-order chi connectivity index (χ1) is 14.7. The molecule has 1 aliphatic heterocycles. The average Bonchev–Trinajstić information content (AvgIpc) is 3.26. The number of hydrogen-bond donors (Lipinski definition) is 1. The number of methoxy groups -OCH3 is 1. The zero-order chi connectivity index (χ0) is 21.3. The number of hydrogen-bond acceptors (Lipinski definition) is 7. The molecule has 8 nitrogen and oxygen atoms in total. The lowest BCUT2D eigenvalue weighted by atomic mass is 10.2. The van der Waals surface area contributed by atoms with Crippen LogP contribution in [-0.2, 0) is 13.0 Å². The van der Waals surface area contributed by atoms with Crippen LogP contribution in [0.5, 0.6) is 11.5 Å². The first-order valence-electron chi connectivity index (χ1n) is 10.6. The van der Waals surface area contributed by atoms with Crippen molar-refractivity contribution in [1.82, 2.24) is 19.6 Å².